The van der Waals surface area contributed by atoms with Gasteiger partial charge in [-0.25, -0.2) is 15.5 Å². The molecular weight excluding hydrogens is 432 g/mol. The minimum absolute atomic E-state index is 0.0329. The minimum atomic E-state index is -1.09. The molecule has 1 fully saturated rings. The molecule has 3 amide bonds. The maximum Gasteiger partial charge on any atom is 0.268 e. The lowest BCUT2D eigenvalue weighted by Gasteiger charge is -2.40. The van der Waals surface area contributed by atoms with Gasteiger partial charge in [-0.3, -0.25) is 19.6 Å². The SMILES string of the molecule is CC(C)CN(C(=O)[C@@H](C)N)N(C(=O)CCC1CCCC1)[C@@H](CC=Cc1ccccc1)C(=O)NO. The molecule has 0 aliphatic heterocycles. The number of hydrazine groups is 1. The van der Waals surface area contributed by atoms with Crippen LogP contribution in [0.2, 0.25) is 0 Å². The number of nitrogens with one attached hydrogen (secondary N) is 1. The predicted molar refractivity (Wildman–Crippen MR) is 132 cm³/mol. The Balaban J connectivity index is 2.36. The van der Waals surface area contributed by atoms with E-state index >= 15 is 0 Å². The highest BCUT2D eigenvalue weighted by Gasteiger charge is 2.37. The van der Waals surface area contributed by atoms with Gasteiger partial charge in [-0.1, -0.05) is 82.0 Å². The fraction of sp³-hybridized carbons (Fsp3) is 0.577. The standard InChI is InChI=1S/C26H40N4O4/c1-19(2)18-29(26(33)20(3)27)30(24(31)17-16-22-12-7-8-13-22)23(25(32)28-34)15-9-14-21-10-5-4-6-11-21/h4-6,9-11,14,19-20,22-23,34H,7-8,12-13,15-18,27H2,1-3H3,(H,28,32)/t20-,23+/m1/s1. The molecule has 188 valence electrons. The Kier molecular flexibility index (Phi) is 11.2. The Morgan fingerprint density at radius 3 is 2.35 bits per heavy atom. The van der Waals surface area contributed by atoms with Crippen molar-refractivity contribution in [3.8, 4) is 0 Å². The van der Waals surface area contributed by atoms with Gasteiger partial charge in [0, 0.05) is 13.0 Å². The fourth-order valence-corrected chi connectivity index (χ4v) is 4.37. The van der Waals surface area contributed by atoms with Crippen molar-refractivity contribution in [2.24, 2.45) is 17.6 Å². The molecule has 1 aromatic rings. The van der Waals surface area contributed by atoms with Crippen molar-refractivity contribution >= 4 is 23.8 Å². The van der Waals surface area contributed by atoms with Crippen molar-refractivity contribution in [2.45, 2.75) is 77.8 Å². The highest BCUT2D eigenvalue weighted by molar-refractivity contribution is 5.90. The summed E-state index contributed by atoms with van der Waals surface area (Å²) in [7, 11) is 0. The third-order valence-electron chi connectivity index (χ3n) is 6.12. The molecule has 8 nitrogen and oxygen atoms in total. The molecule has 8 heteroatoms. The minimum Gasteiger partial charge on any atom is -0.320 e. The number of amides is 3. The fourth-order valence-electron chi connectivity index (χ4n) is 4.37. The second-order valence-electron chi connectivity index (χ2n) is 9.57. The number of hydrogen-bond donors (Lipinski definition) is 3. The van der Waals surface area contributed by atoms with Crippen LogP contribution in [0.1, 0.15) is 71.3 Å². The van der Waals surface area contributed by atoms with E-state index in [1.807, 2.05) is 50.3 Å². The lowest BCUT2D eigenvalue weighted by atomic mass is 10.0. The number of carbonyl (C=O) groups excluding carboxylic acids is 3. The Hall–Kier alpha value is -2.71. The molecule has 2 atom stereocenters. The summed E-state index contributed by atoms with van der Waals surface area (Å²) in [6.07, 6.45) is 9.22. The van der Waals surface area contributed by atoms with E-state index in [9.17, 15) is 19.6 Å². The Bertz CT molecular complexity index is 819. The van der Waals surface area contributed by atoms with Gasteiger partial charge in [0.05, 0.1) is 6.04 Å². The van der Waals surface area contributed by atoms with Crippen LogP contribution >= 0.6 is 0 Å². The first-order valence-electron chi connectivity index (χ1n) is 12.3. The number of benzene rings is 1. The topological polar surface area (TPSA) is 116 Å². The van der Waals surface area contributed by atoms with Crippen molar-refractivity contribution in [1.82, 2.24) is 15.5 Å². The summed E-state index contributed by atoms with van der Waals surface area (Å²) >= 11 is 0. The van der Waals surface area contributed by atoms with Gasteiger partial charge in [-0.15, -0.1) is 0 Å². The number of nitrogens with two attached hydrogens (primary N) is 1. The number of hydroxylamine groups is 1. The van der Waals surface area contributed by atoms with Gasteiger partial charge in [-0.2, -0.15) is 0 Å². The van der Waals surface area contributed by atoms with Gasteiger partial charge < -0.3 is 5.73 Å². The molecule has 4 N–H and O–H groups in total. The van der Waals surface area contributed by atoms with Crippen LogP contribution in [0.5, 0.6) is 0 Å². The van der Waals surface area contributed by atoms with Crippen LogP contribution in [0.15, 0.2) is 36.4 Å². The molecule has 0 heterocycles. The lowest BCUT2D eigenvalue weighted by Crippen LogP contribution is -2.61. The number of carbonyl (C=O) groups is 3. The van der Waals surface area contributed by atoms with E-state index in [1.54, 1.807) is 18.5 Å². The van der Waals surface area contributed by atoms with E-state index < -0.39 is 23.9 Å². The summed E-state index contributed by atoms with van der Waals surface area (Å²) < 4.78 is 0. The molecule has 1 saturated carbocycles. The van der Waals surface area contributed by atoms with E-state index in [4.69, 9.17) is 5.73 Å². The highest BCUT2D eigenvalue weighted by atomic mass is 16.5. The van der Waals surface area contributed by atoms with Crippen LogP contribution in [0.25, 0.3) is 6.08 Å². The molecular formula is C26H40N4O4. The van der Waals surface area contributed by atoms with Crippen LogP contribution in [0.3, 0.4) is 0 Å². The van der Waals surface area contributed by atoms with Crippen molar-refractivity contribution in [3.63, 3.8) is 0 Å². The van der Waals surface area contributed by atoms with Crippen LogP contribution in [-0.2, 0) is 14.4 Å². The molecule has 1 aliphatic carbocycles. The quantitative estimate of drug-likeness (QED) is 0.337. The second-order valence-corrected chi connectivity index (χ2v) is 9.57. The highest BCUT2D eigenvalue weighted by Crippen LogP contribution is 2.29. The van der Waals surface area contributed by atoms with Gasteiger partial charge in [0.2, 0.25) is 5.91 Å². The van der Waals surface area contributed by atoms with Crippen LogP contribution in [0.4, 0.5) is 0 Å². The lowest BCUT2D eigenvalue weighted by molar-refractivity contribution is -0.175. The van der Waals surface area contributed by atoms with E-state index in [1.165, 1.54) is 22.9 Å². The zero-order valence-corrected chi connectivity index (χ0v) is 20.7. The summed E-state index contributed by atoms with van der Waals surface area (Å²) in [6, 6.07) is 7.63. The van der Waals surface area contributed by atoms with Gasteiger partial charge >= 0.3 is 0 Å². The predicted octanol–water partition coefficient (Wildman–Crippen LogP) is 3.51. The zero-order valence-electron chi connectivity index (χ0n) is 20.7. The smallest absolute Gasteiger partial charge is 0.268 e. The monoisotopic (exact) mass is 472 g/mol. The van der Waals surface area contributed by atoms with Crippen molar-refractivity contribution in [2.75, 3.05) is 6.54 Å². The summed E-state index contributed by atoms with van der Waals surface area (Å²) in [5.41, 5.74) is 8.54. The van der Waals surface area contributed by atoms with Gasteiger partial charge in [-0.05, 0) is 37.2 Å². The number of nitrogens with zero attached hydrogens (tertiary/aromatic N) is 2. The molecule has 2 rings (SSSR count). The average molecular weight is 473 g/mol. The third kappa shape index (κ3) is 8.25. The second kappa shape index (κ2) is 13.9. The zero-order chi connectivity index (χ0) is 25.1. The summed E-state index contributed by atoms with van der Waals surface area (Å²) in [4.78, 5) is 39.4. The van der Waals surface area contributed by atoms with Gasteiger partial charge in [0.1, 0.15) is 6.04 Å². The summed E-state index contributed by atoms with van der Waals surface area (Å²) in [6.45, 7) is 5.65. The molecule has 0 bridgehead atoms. The summed E-state index contributed by atoms with van der Waals surface area (Å²) in [5.74, 6) is -0.991. The molecule has 1 aromatic carbocycles. The van der Waals surface area contributed by atoms with Crippen molar-refractivity contribution < 1.29 is 19.6 Å². The first-order chi connectivity index (χ1) is 16.2. The molecule has 0 unspecified atom stereocenters. The van der Waals surface area contributed by atoms with E-state index in [0.29, 0.717) is 12.3 Å². The van der Waals surface area contributed by atoms with Crippen LogP contribution in [-0.4, -0.2) is 51.6 Å². The molecule has 0 aromatic heterocycles. The normalized spacial score (nSPS) is 15.9. The van der Waals surface area contributed by atoms with Crippen molar-refractivity contribution in [1.29, 1.82) is 0 Å². The third-order valence-corrected chi connectivity index (χ3v) is 6.12. The summed E-state index contributed by atoms with van der Waals surface area (Å²) in [5, 5.41) is 12.0. The van der Waals surface area contributed by atoms with Crippen LogP contribution in [0, 0.1) is 11.8 Å². The van der Waals surface area contributed by atoms with E-state index in [-0.39, 0.29) is 31.2 Å². The van der Waals surface area contributed by atoms with Crippen LogP contribution < -0.4 is 11.2 Å². The maximum absolute atomic E-state index is 13.6. The van der Waals surface area contributed by atoms with Crippen molar-refractivity contribution in [3.05, 3.63) is 42.0 Å². The van der Waals surface area contributed by atoms with Gasteiger partial charge in [0.25, 0.3) is 11.8 Å². The van der Waals surface area contributed by atoms with E-state index in [2.05, 4.69) is 0 Å². The van der Waals surface area contributed by atoms with E-state index in [0.717, 1.165) is 18.4 Å². The molecule has 0 spiro atoms. The molecule has 0 saturated heterocycles. The average Bonchev–Trinajstić information content (AvgIpc) is 3.34. The maximum atomic E-state index is 13.6. The van der Waals surface area contributed by atoms with Gasteiger partial charge in [0.15, 0.2) is 0 Å². The Morgan fingerprint density at radius 2 is 1.79 bits per heavy atom. The molecule has 34 heavy (non-hydrogen) atoms. The first kappa shape index (κ1) is 27.5. The Labute approximate surface area is 203 Å². The molecule has 0 radical (unpaired) electrons. The number of rotatable bonds is 11. The molecule has 1 aliphatic rings. The number of hydrogen-bond acceptors (Lipinski definition) is 5. The Morgan fingerprint density at radius 1 is 1.15 bits per heavy atom. The largest absolute Gasteiger partial charge is 0.320 e. The first-order valence-corrected chi connectivity index (χ1v) is 12.3.